The number of para-hydroxylation sites is 2. The van der Waals surface area contributed by atoms with Gasteiger partial charge in [-0.1, -0.05) is 23.7 Å². The summed E-state index contributed by atoms with van der Waals surface area (Å²) < 4.78 is 7.88. The van der Waals surface area contributed by atoms with Crippen LogP contribution in [0.3, 0.4) is 0 Å². The standard InChI is InChI=1S/C22H24ClN3O2/c1-15(2)26(17-9-10-17)22(27)13-25-20-6-4-3-5-19(20)24-21(25)14-28-18-11-7-16(23)8-12-18/h3-8,11-12,15,17H,9-10,13-14H2,1-2H3. The fraction of sp³-hybridized carbons (Fsp3) is 0.364. The van der Waals surface area contributed by atoms with Gasteiger partial charge in [-0.05, 0) is 63.1 Å². The lowest BCUT2D eigenvalue weighted by Gasteiger charge is -2.27. The number of aromatic nitrogens is 2. The van der Waals surface area contributed by atoms with Crippen molar-refractivity contribution in [2.75, 3.05) is 0 Å². The summed E-state index contributed by atoms with van der Waals surface area (Å²) in [5.74, 6) is 1.59. The Morgan fingerprint density at radius 2 is 1.93 bits per heavy atom. The number of imidazole rings is 1. The van der Waals surface area contributed by atoms with Crippen LogP contribution in [0, 0.1) is 0 Å². The number of hydrogen-bond acceptors (Lipinski definition) is 3. The van der Waals surface area contributed by atoms with Crippen molar-refractivity contribution in [2.45, 2.75) is 51.9 Å². The molecule has 0 saturated heterocycles. The van der Waals surface area contributed by atoms with E-state index in [4.69, 9.17) is 21.3 Å². The van der Waals surface area contributed by atoms with Crippen molar-refractivity contribution in [2.24, 2.45) is 0 Å². The van der Waals surface area contributed by atoms with Gasteiger partial charge in [-0.15, -0.1) is 0 Å². The third-order valence-corrected chi connectivity index (χ3v) is 5.25. The van der Waals surface area contributed by atoms with Crippen LogP contribution in [0.25, 0.3) is 11.0 Å². The average Bonchev–Trinajstić information content (AvgIpc) is 3.44. The van der Waals surface area contributed by atoms with E-state index in [1.54, 1.807) is 12.1 Å². The number of fused-ring (bicyclic) bond motifs is 1. The number of carbonyl (C=O) groups excluding carboxylic acids is 1. The van der Waals surface area contributed by atoms with Crippen molar-refractivity contribution in [1.82, 2.24) is 14.5 Å². The highest BCUT2D eigenvalue weighted by Crippen LogP contribution is 2.29. The van der Waals surface area contributed by atoms with Crippen LogP contribution in [0.1, 0.15) is 32.5 Å². The molecule has 1 saturated carbocycles. The predicted molar refractivity (Wildman–Crippen MR) is 111 cm³/mol. The van der Waals surface area contributed by atoms with Crippen molar-refractivity contribution in [3.8, 4) is 5.75 Å². The molecular formula is C22H24ClN3O2. The summed E-state index contributed by atoms with van der Waals surface area (Å²) in [5.41, 5.74) is 1.82. The number of carbonyl (C=O) groups is 1. The molecule has 0 radical (unpaired) electrons. The van der Waals surface area contributed by atoms with E-state index in [0.717, 1.165) is 35.4 Å². The largest absolute Gasteiger partial charge is 0.486 e. The molecule has 28 heavy (non-hydrogen) atoms. The molecule has 0 aliphatic heterocycles. The Kier molecular flexibility index (Phi) is 5.27. The highest BCUT2D eigenvalue weighted by molar-refractivity contribution is 6.30. The normalized spacial score (nSPS) is 13.9. The molecule has 5 nitrogen and oxygen atoms in total. The van der Waals surface area contributed by atoms with Gasteiger partial charge in [-0.2, -0.15) is 0 Å². The fourth-order valence-electron chi connectivity index (χ4n) is 3.57. The van der Waals surface area contributed by atoms with Gasteiger partial charge >= 0.3 is 0 Å². The Labute approximate surface area is 169 Å². The van der Waals surface area contributed by atoms with Gasteiger partial charge in [0, 0.05) is 17.1 Å². The van der Waals surface area contributed by atoms with Crippen LogP contribution in [0.4, 0.5) is 0 Å². The predicted octanol–water partition coefficient (Wildman–Crippen LogP) is 4.67. The summed E-state index contributed by atoms with van der Waals surface area (Å²) in [7, 11) is 0. The minimum Gasteiger partial charge on any atom is -0.486 e. The highest BCUT2D eigenvalue weighted by atomic mass is 35.5. The number of nitrogens with zero attached hydrogens (tertiary/aromatic N) is 3. The Balaban J connectivity index is 1.59. The van der Waals surface area contributed by atoms with Crippen LogP contribution in [0.2, 0.25) is 5.02 Å². The second-order valence-electron chi connectivity index (χ2n) is 7.47. The zero-order chi connectivity index (χ0) is 19.7. The van der Waals surface area contributed by atoms with Gasteiger partial charge in [0.2, 0.25) is 5.91 Å². The van der Waals surface area contributed by atoms with Gasteiger partial charge in [0.1, 0.15) is 24.7 Å². The highest BCUT2D eigenvalue weighted by Gasteiger charge is 2.34. The topological polar surface area (TPSA) is 47.4 Å². The van der Waals surface area contributed by atoms with E-state index in [1.165, 1.54) is 0 Å². The molecule has 0 atom stereocenters. The SMILES string of the molecule is CC(C)N(C(=O)Cn1c(COc2ccc(Cl)cc2)nc2ccccc21)C1CC1. The van der Waals surface area contributed by atoms with Gasteiger partial charge in [-0.25, -0.2) is 4.98 Å². The van der Waals surface area contributed by atoms with Crippen molar-refractivity contribution in [1.29, 1.82) is 0 Å². The van der Waals surface area contributed by atoms with Gasteiger partial charge in [-0.3, -0.25) is 4.79 Å². The summed E-state index contributed by atoms with van der Waals surface area (Å²) in [5, 5.41) is 0.666. The third-order valence-electron chi connectivity index (χ3n) is 4.99. The summed E-state index contributed by atoms with van der Waals surface area (Å²) in [4.78, 5) is 19.8. The van der Waals surface area contributed by atoms with E-state index in [-0.39, 0.29) is 25.1 Å². The molecule has 1 aromatic heterocycles. The molecule has 0 bridgehead atoms. The molecule has 1 aliphatic rings. The quantitative estimate of drug-likeness (QED) is 0.582. The van der Waals surface area contributed by atoms with Crippen LogP contribution in [0.15, 0.2) is 48.5 Å². The molecule has 3 aromatic rings. The maximum Gasteiger partial charge on any atom is 0.243 e. The molecule has 0 spiro atoms. The molecule has 146 valence electrons. The Morgan fingerprint density at radius 1 is 1.21 bits per heavy atom. The van der Waals surface area contributed by atoms with E-state index in [9.17, 15) is 4.79 Å². The van der Waals surface area contributed by atoms with Gasteiger partial charge in [0.15, 0.2) is 0 Å². The maximum absolute atomic E-state index is 13.1. The monoisotopic (exact) mass is 397 g/mol. The van der Waals surface area contributed by atoms with E-state index >= 15 is 0 Å². The lowest BCUT2D eigenvalue weighted by Crippen LogP contribution is -2.41. The molecule has 1 heterocycles. The minimum absolute atomic E-state index is 0.133. The number of hydrogen-bond donors (Lipinski definition) is 0. The number of amides is 1. The molecule has 0 unspecified atom stereocenters. The van der Waals surface area contributed by atoms with E-state index < -0.39 is 0 Å². The first-order valence-corrected chi connectivity index (χ1v) is 10.0. The van der Waals surface area contributed by atoms with Crippen LogP contribution in [0.5, 0.6) is 5.75 Å². The van der Waals surface area contributed by atoms with E-state index in [2.05, 4.69) is 13.8 Å². The molecule has 2 aromatic carbocycles. The number of rotatable bonds is 7. The minimum atomic E-state index is 0.133. The van der Waals surface area contributed by atoms with Crippen LogP contribution < -0.4 is 4.74 Å². The summed E-state index contributed by atoms with van der Waals surface area (Å²) in [6.45, 7) is 4.71. The van der Waals surface area contributed by atoms with Gasteiger partial charge < -0.3 is 14.2 Å². The van der Waals surface area contributed by atoms with Crippen molar-refractivity contribution in [3.05, 3.63) is 59.4 Å². The summed E-state index contributed by atoms with van der Waals surface area (Å²) in [6, 6.07) is 15.7. The first kappa shape index (κ1) is 18.8. The Bertz CT molecular complexity index is 975. The molecule has 4 rings (SSSR count). The lowest BCUT2D eigenvalue weighted by molar-refractivity contribution is -0.134. The van der Waals surface area contributed by atoms with Crippen molar-refractivity contribution in [3.63, 3.8) is 0 Å². The molecular weight excluding hydrogens is 374 g/mol. The maximum atomic E-state index is 13.1. The lowest BCUT2D eigenvalue weighted by atomic mass is 10.3. The zero-order valence-electron chi connectivity index (χ0n) is 16.1. The van der Waals surface area contributed by atoms with E-state index in [1.807, 2.05) is 45.9 Å². The Morgan fingerprint density at radius 3 is 2.61 bits per heavy atom. The number of benzene rings is 2. The van der Waals surface area contributed by atoms with Crippen molar-refractivity contribution >= 4 is 28.5 Å². The second-order valence-corrected chi connectivity index (χ2v) is 7.91. The third kappa shape index (κ3) is 3.99. The van der Waals surface area contributed by atoms with Gasteiger partial charge in [0.05, 0.1) is 11.0 Å². The fourth-order valence-corrected chi connectivity index (χ4v) is 3.70. The zero-order valence-corrected chi connectivity index (χ0v) is 16.9. The molecule has 6 heteroatoms. The van der Waals surface area contributed by atoms with E-state index in [0.29, 0.717) is 11.1 Å². The molecule has 1 amide bonds. The Hall–Kier alpha value is -2.53. The second kappa shape index (κ2) is 7.84. The van der Waals surface area contributed by atoms with Crippen LogP contribution in [-0.2, 0) is 17.9 Å². The first-order valence-electron chi connectivity index (χ1n) is 9.66. The molecule has 1 aliphatic carbocycles. The molecule has 0 N–H and O–H groups in total. The number of halogens is 1. The number of ether oxygens (including phenoxy) is 1. The van der Waals surface area contributed by atoms with Crippen LogP contribution >= 0.6 is 11.6 Å². The van der Waals surface area contributed by atoms with Gasteiger partial charge in [0.25, 0.3) is 0 Å². The summed E-state index contributed by atoms with van der Waals surface area (Å²) >= 11 is 5.94. The molecule has 1 fully saturated rings. The van der Waals surface area contributed by atoms with Crippen molar-refractivity contribution < 1.29 is 9.53 Å². The average molecular weight is 398 g/mol. The van der Waals surface area contributed by atoms with Crippen LogP contribution in [-0.4, -0.2) is 32.4 Å². The first-order chi connectivity index (χ1) is 13.5. The smallest absolute Gasteiger partial charge is 0.243 e. The summed E-state index contributed by atoms with van der Waals surface area (Å²) in [6.07, 6.45) is 2.20.